The highest BCUT2D eigenvalue weighted by atomic mass is 32.1. The highest BCUT2D eigenvalue weighted by Crippen LogP contribution is 2.37. The minimum atomic E-state index is -1.72. The van der Waals surface area contributed by atoms with Gasteiger partial charge in [-0.25, -0.2) is 0 Å². The summed E-state index contributed by atoms with van der Waals surface area (Å²) in [5.41, 5.74) is 8.56. The summed E-state index contributed by atoms with van der Waals surface area (Å²) < 4.78 is 11.8. The van der Waals surface area contributed by atoms with Crippen molar-refractivity contribution in [2.24, 2.45) is 5.73 Å². The summed E-state index contributed by atoms with van der Waals surface area (Å²) in [4.78, 5) is 1.22. The van der Waals surface area contributed by atoms with Crippen molar-refractivity contribution in [3.8, 4) is 5.75 Å². The maximum absolute atomic E-state index is 6.42. The second-order valence-corrected chi connectivity index (χ2v) is 14.1. The molecule has 2 rings (SSSR count). The third kappa shape index (κ3) is 6.04. The molecular weight excluding hydrogens is 370 g/mol. The van der Waals surface area contributed by atoms with Crippen LogP contribution in [0.25, 0.3) is 12.2 Å². The molecule has 0 radical (unpaired) electrons. The third-order valence-corrected chi connectivity index (χ3v) is 10.7. The lowest BCUT2D eigenvalue weighted by Gasteiger charge is -2.36. The summed E-state index contributed by atoms with van der Waals surface area (Å²) in [6, 6.07) is 10.3. The molecule has 27 heavy (non-hydrogen) atoms. The summed E-state index contributed by atoms with van der Waals surface area (Å²) in [6.07, 6.45) is 5.00. The van der Waals surface area contributed by atoms with Gasteiger partial charge in [-0.3, -0.25) is 0 Å². The van der Waals surface area contributed by atoms with Crippen molar-refractivity contribution in [3.63, 3.8) is 0 Å². The van der Waals surface area contributed by atoms with Gasteiger partial charge < -0.3 is 14.9 Å². The van der Waals surface area contributed by atoms with Crippen LogP contribution in [0.5, 0.6) is 5.75 Å². The first-order valence-electron chi connectivity index (χ1n) is 9.43. The molecule has 2 aromatic rings. The van der Waals surface area contributed by atoms with Crippen molar-refractivity contribution in [1.29, 1.82) is 0 Å². The van der Waals surface area contributed by atoms with Crippen LogP contribution in [0.3, 0.4) is 0 Å². The fourth-order valence-corrected chi connectivity index (χ4v) is 4.16. The minimum absolute atomic E-state index is 0.0565. The predicted octanol–water partition coefficient (Wildman–Crippen LogP) is 6.34. The molecule has 0 aliphatic rings. The minimum Gasteiger partial charge on any atom is -0.496 e. The molecule has 1 aromatic carbocycles. The normalized spacial score (nSPS) is 13.9. The van der Waals surface area contributed by atoms with E-state index in [0.717, 1.165) is 23.3 Å². The number of ether oxygens (including phenoxy) is 1. The number of methoxy groups -OCH3 is 1. The van der Waals surface area contributed by atoms with Crippen LogP contribution < -0.4 is 10.5 Å². The van der Waals surface area contributed by atoms with Gasteiger partial charge in [-0.2, -0.15) is 0 Å². The monoisotopic (exact) mass is 403 g/mol. The van der Waals surface area contributed by atoms with Gasteiger partial charge in [-0.15, -0.1) is 11.3 Å². The number of hydrogen-bond donors (Lipinski definition) is 1. The molecule has 1 aromatic heterocycles. The van der Waals surface area contributed by atoms with E-state index in [-0.39, 0.29) is 11.1 Å². The number of benzene rings is 1. The van der Waals surface area contributed by atoms with E-state index in [4.69, 9.17) is 14.9 Å². The van der Waals surface area contributed by atoms with E-state index in [9.17, 15) is 0 Å². The Balaban J connectivity index is 2.01. The van der Waals surface area contributed by atoms with Gasteiger partial charge in [-0.05, 0) is 59.8 Å². The molecular formula is C22H33NO2SSi. The highest BCUT2D eigenvalue weighted by Gasteiger charge is 2.36. The quantitative estimate of drug-likeness (QED) is 0.523. The Bertz CT molecular complexity index is 748. The lowest BCUT2D eigenvalue weighted by Crippen LogP contribution is -2.41. The van der Waals surface area contributed by atoms with Gasteiger partial charge in [0.1, 0.15) is 5.75 Å². The van der Waals surface area contributed by atoms with Gasteiger partial charge in [0.05, 0.1) is 7.11 Å². The third-order valence-electron chi connectivity index (χ3n) is 5.35. The van der Waals surface area contributed by atoms with Gasteiger partial charge in [0.25, 0.3) is 0 Å². The molecule has 148 valence electrons. The molecule has 5 heteroatoms. The van der Waals surface area contributed by atoms with Gasteiger partial charge in [0.15, 0.2) is 8.32 Å². The molecule has 0 amide bonds. The second kappa shape index (κ2) is 9.19. The Hall–Kier alpha value is -1.40. The van der Waals surface area contributed by atoms with Gasteiger partial charge in [0, 0.05) is 23.1 Å². The van der Waals surface area contributed by atoms with Crippen LogP contribution in [-0.2, 0) is 4.43 Å². The molecule has 1 atom stereocenters. The van der Waals surface area contributed by atoms with Crippen molar-refractivity contribution in [2.75, 3.05) is 13.7 Å². The molecule has 0 bridgehead atoms. The van der Waals surface area contributed by atoms with Crippen molar-refractivity contribution in [1.82, 2.24) is 0 Å². The number of hydrogen-bond acceptors (Lipinski definition) is 4. The molecule has 3 nitrogen and oxygen atoms in total. The van der Waals surface area contributed by atoms with Crippen LogP contribution in [-0.4, -0.2) is 22.0 Å². The van der Waals surface area contributed by atoms with Crippen molar-refractivity contribution in [2.45, 2.75) is 51.4 Å². The van der Waals surface area contributed by atoms with Crippen LogP contribution in [0.2, 0.25) is 18.1 Å². The van der Waals surface area contributed by atoms with E-state index in [1.54, 1.807) is 18.4 Å². The Kier molecular flexibility index (Phi) is 7.45. The summed E-state index contributed by atoms with van der Waals surface area (Å²) in [5.74, 6) is 0.848. The van der Waals surface area contributed by atoms with E-state index in [2.05, 4.69) is 75.7 Å². The standard InChI is InChI=1S/C22H33NO2SSi/c1-22(2,3)27(5,6)25-14-13-20(23)18-10-9-17(21(16-18)24-4)11-12-19-8-7-15-26-19/h7-12,15-16,20H,13-14,23H2,1-6H3/b12-11+. The fraction of sp³-hybridized carbons (Fsp3) is 0.455. The van der Waals surface area contributed by atoms with Gasteiger partial charge >= 0.3 is 0 Å². The smallest absolute Gasteiger partial charge is 0.191 e. The maximum Gasteiger partial charge on any atom is 0.191 e. The van der Waals surface area contributed by atoms with Crippen LogP contribution >= 0.6 is 11.3 Å². The van der Waals surface area contributed by atoms with E-state index < -0.39 is 8.32 Å². The van der Waals surface area contributed by atoms with Gasteiger partial charge in [0.2, 0.25) is 0 Å². The molecule has 1 unspecified atom stereocenters. The molecule has 0 aliphatic carbocycles. The Morgan fingerprint density at radius 1 is 1.19 bits per heavy atom. The first-order chi connectivity index (χ1) is 12.6. The first kappa shape index (κ1) is 21.9. The summed E-state index contributed by atoms with van der Waals surface area (Å²) >= 11 is 1.72. The SMILES string of the molecule is COc1cc(C(N)CCO[Si](C)(C)C(C)(C)C)ccc1/C=C/c1cccs1. The fourth-order valence-electron chi connectivity index (χ4n) is 2.48. The van der Waals surface area contributed by atoms with Crippen LogP contribution in [0, 0.1) is 0 Å². The van der Waals surface area contributed by atoms with Crippen LogP contribution in [0.4, 0.5) is 0 Å². The lowest BCUT2D eigenvalue weighted by molar-refractivity contribution is 0.272. The zero-order chi connectivity index (χ0) is 20.1. The zero-order valence-electron chi connectivity index (χ0n) is 17.4. The number of rotatable bonds is 8. The van der Waals surface area contributed by atoms with Gasteiger partial charge in [-0.1, -0.05) is 39.0 Å². The topological polar surface area (TPSA) is 44.5 Å². The second-order valence-electron chi connectivity index (χ2n) is 8.35. The van der Waals surface area contributed by atoms with E-state index in [1.807, 2.05) is 6.07 Å². The van der Waals surface area contributed by atoms with E-state index >= 15 is 0 Å². The lowest BCUT2D eigenvalue weighted by atomic mass is 10.0. The van der Waals surface area contributed by atoms with Crippen molar-refractivity contribution < 1.29 is 9.16 Å². The van der Waals surface area contributed by atoms with E-state index in [0.29, 0.717) is 6.61 Å². The predicted molar refractivity (Wildman–Crippen MR) is 121 cm³/mol. The first-order valence-corrected chi connectivity index (χ1v) is 13.2. The average molecular weight is 404 g/mol. The molecule has 0 fully saturated rings. The van der Waals surface area contributed by atoms with E-state index in [1.165, 1.54) is 4.88 Å². The Morgan fingerprint density at radius 3 is 2.52 bits per heavy atom. The zero-order valence-corrected chi connectivity index (χ0v) is 19.2. The van der Waals surface area contributed by atoms with Crippen molar-refractivity contribution in [3.05, 3.63) is 51.7 Å². The maximum atomic E-state index is 6.42. The van der Waals surface area contributed by atoms with Crippen LogP contribution in [0.15, 0.2) is 35.7 Å². The largest absolute Gasteiger partial charge is 0.496 e. The highest BCUT2D eigenvalue weighted by molar-refractivity contribution is 7.10. The molecule has 2 N–H and O–H groups in total. The molecule has 1 heterocycles. The summed E-state index contributed by atoms with van der Waals surface area (Å²) in [6.45, 7) is 12.0. The molecule has 0 spiro atoms. The molecule has 0 aliphatic heterocycles. The molecule has 0 saturated heterocycles. The van der Waals surface area contributed by atoms with Crippen molar-refractivity contribution >= 4 is 31.8 Å². The number of nitrogens with two attached hydrogens (primary N) is 1. The summed E-state index contributed by atoms with van der Waals surface area (Å²) in [7, 11) is -0.0229. The Labute approximate surface area is 169 Å². The summed E-state index contributed by atoms with van der Waals surface area (Å²) in [5, 5.41) is 2.29. The average Bonchev–Trinajstić information content (AvgIpc) is 3.12. The molecule has 0 saturated carbocycles. The number of thiophene rings is 1. The van der Waals surface area contributed by atoms with Crippen LogP contribution in [0.1, 0.15) is 49.2 Å². The Morgan fingerprint density at radius 2 is 1.93 bits per heavy atom.